The number of β-amino-alcohol motifs (C(OH)–C–C–N with tert-alkyl or cyclic N) is 1. The predicted molar refractivity (Wildman–Crippen MR) is 112 cm³/mol. The molecule has 1 N–H and O–H groups in total. The summed E-state index contributed by atoms with van der Waals surface area (Å²) < 4.78 is 0. The molecule has 0 saturated carbocycles. The van der Waals surface area contributed by atoms with Crippen LogP contribution in [0.15, 0.2) is 47.4 Å². The summed E-state index contributed by atoms with van der Waals surface area (Å²) in [5.74, 6) is 0.775. The number of carbonyl (C=O) groups excluding carboxylic acids is 1. The van der Waals surface area contributed by atoms with E-state index in [9.17, 15) is 4.79 Å². The zero-order valence-electron chi connectivity index (χ0n) is 14.9. The van der Waals surface area contributed by atoms with Crippen molar-refractivity contribution in [3.63, 3.8) is 0 Å². The third kappa shape index (κ3) is 5.62. The number of hydrogen-bond donors (Lipinski definition) is 1. The summed E-state index contributed by atoms with van der Waals surface area (Å²) in [7, 11) is 0. The molecule has 0 atom stereocenters. The van der Waals surface area contributed by atoms with Gasteiger partial charge in [0.1, 0.15) is 0 Å². The lowest BCUT2D eigenvalue weighted by Crippen LogP contribution is -2.49. The molecule has 0 aliphatic carbocycles. The summed E-state index contributed by atoms with van der Waals surface area (Å²) in [6.45, 7) is 3.81. The standard InChI is InChI=1S/C20H22Cl2N2O2S/c21-17-4-5-18(22)19(13-17)27-14-15-2-1-3-16(12-15)20(26)24-8-6-23(7-9-24)10-11-25/h1-5,12-13,25H,6-11,14H2. The fraction of sp³-hybridized carbons (Fsp3) is 0.350. The second-order valence-electron chi connectivity index (χ2n) is 6.42. The maximum Gasteiger partial charge on any atom is 0.253 e. The molecule has 0 unspecified atom stereocenters. The lowest BCUT2D eigenvalue weighted by molar-refractivity contribution is 0.0615. The smallest absolute Gasteiger partial charge is 0.253 e. The maximum atomic E-state index is 12.8. The van der Waals surface area contributed by atoms with Crippen LogP contribution >= 0.6 is 35.0 Å². The highest BCUT2D eigenvalue weighted by Crippen LogP contribution is 2.32. The molecular formula is C20H22Cl2N2O2S. The molecular weight excluding hydrogens is 403 g/mol. The Hall–Kier alpha value is -1.24. The first-order valence-electron chi connectivity index (χ1n) is 8.86. The zero-order valence-corrected chi connectivity index (χ0v) is 17.2. The quantitative estimate of drug-likeness (QED) is 0.710. The molecule has 7 heteroatoms. The number of piperazine rings is 1. The van der Waals surface area contributed by atoms with Crippen molar-refractivity contribution in [3.8, 4) is 0 Å². The van der Waals surface area contributed by atoms with Crippen LogP contribution in [0, 0.1) is 0 Å². The van der Waals surface area contributed by atoms with Crippen molar-refractivity contribution in [2.45, 2.75) is 10.6 Å². The highest BCUT2D eigenvalue weighted by Gasteiger charge is 2.21. The topological polar surface area (TPSA) is 43.8 Å². The first-order valence-corrected chi connectivity index (χ1v) is 10.6. The summed E-state index contributed by atoms with van der Waals surface area (Å²) in [4.78, 5) is 17.8. The summed E-state index contributed by atoms with van der Waals surface area (Å²) in [5, 5.41) is 10.4. The van der Waals surface area contributed by atoms with Crippen LogP contribution in [0.4, 0.5) is 0 Å². The highest BCUT2D eigenvalue weighted by molar-refractivity contribution is 7.98. The molecule has 1 aliphatic rings. The van der Waals surface area contributed by atoms with Gasteiger partial charge in [-0.15, -0.1) is 11.8 Å². The summed E-state index contributed by atoms with van der Waals surface area (Å²) in [6, 6.07) is 13.2. The highest BCUT2D eigenvalue weighted by atomic mass is 35.5. The molecule has 144 valence electrons. The average molecular weight is 425 g/mol. The van der Waals surface area contributed by atoms with Crippen molar-refractivity contribution in [2.75, 3.05) is 39.3 Å². The van der Waals surface area contributed by atoms with Crippen LogP contribution < -0.4 is 0 Å². The van der Waals surface area contributed by atoms with Gasteiger partial charge in [-0.3, -0.25) is 9.69 Å². The minimum atomic E-state index is 0.0614. The minimum Gasteiger partial charge on any atom is -0.395 e. The van der Waals surface area contributed by atoms with Gasteiger partial charge in [-0.05, 0) is 35.9 Å². The van der Waals surface area contributed by atoms with Crippen LogP contribution in [0.2, 0.25) is 10.0 Å². The van der Waals surface area contributed by atoms with Crippen LogP contribution in [0.25, 0.3) is 0 Å². The van der Waals surface area contributed by atoms with E-state index in [1.165, 1.54) is 0 Å². The third-order valence-corrected chi connectivity index (χ3v) is 6.34. The van der Waals surface area contributed by atoms with Gasteiger partial charge in [0.05, 0.1) is 11.6 Å². The number of benzene rings is 2. The van der Waals surface area contributed by atoms with Gasteiger partial charge in [-0.2, -0.15) is 0 Å². The van der Waals surface area contributed by atoms with Crippen molar-refractivity contribution in [1.82, 2.24) is 9.80 Å². The lowest BCUT2D eigenvalue weighted by Gasteiger charge is -2.34. The average Bonchev–Trinajstić information content (AvgIpc) is 2.69. The molecule has 1 aliphatic heterocycles. The van der Waals surface area contributed by atoms with Gasteiger partial charge >= 0.3 is 0 Å². The van der Waals surface area contributed by atoms with Crippen LogP contribution in [-0.2, 0) is 5.75 Å². The van der Waals surface area contributed by atoms with Crippen LogP contribution in [0.3, 0.4) is 0 Å². The molecule has 0 spiro atoms. The first-order chi connectivity index (χ1) is 13.1. The zero-order chi connectivity index (χ0) is 19.2. The van der Waals surface area contributed by atoms with Gasteiger partial charge in [-0.25, -0.2) is 0 Å². The van der Waals surface area contributed by atoms with E-state index in [-0.39, 0.29) is 12.5 Å². The molecule has 2 aromatic carbocycles. The molecule has 1 fully saturated rings. The molecule has 3 rings (SSSR count). The van der Waals surface area contributed by atoms with E-state index >= 15 is 0 Å². The number of thioether (sulfide) groups is 1. The van der Waals surface area contributed by atoms with Crippen molar-refractivity contribution in [1.29, 1.82) is 0 Å². The van der Waals surface area contributed by atoms with Gasteiger partial charge in [0.2, 0.25) is 0 Å². The predicted octanol–water partition coefficient (Wildman–Crippen LogP) is 4.04. The van der Waals surface area contributed by atoms with Crippen LogP contribution in [0.1, 0.15) is 15.9 Å². The number of nitrogens with zero attached hydrogens (tertiary/aromatic N) is 2. The molecule has 0 aromatic heterocycles. The first kappa shape index (κ1) is 20.5. The monoisotopic (exact) mass is 424 g/mol. The van der Waals surface area contributed by atoms with E-state index in [1.807, 2.05) is 35.2 Å². The number of carbonyl (C=O) groups is 1. The van der Waals surface area contributed by atoms with Crippen molar-refractivity contribution in [3.05, 3.63) is 63.6 Å². The van der Waals surface area contributed by atoms with E-state index in [2.05, 4.69) is 4.90 Å². The Balaban J connectivity index is 1.61. The van der Waals surface area contributed by atoms with Gasteiger partial charge < -0.3 is 10.0 Å². The molecule has 0 bridgehead atoms. The molecule has 4 nitrogen and oxygen atoms in total. The molecule has 0 radical (unpaired) electrons. The summed E-state index contributed by atoms with van der Waals surface area (Å²) >= 11 is 13.9. The van der Waals surface area contributed by atoms with Gasteiger partial charge in [0, 0.05) is 54.0 Å². The van der Waals surface area contributed by atoms with Gasteiger partial charge in [0.15, 0.2) is 0 Å². The normalized spacial score (nSPS) is 15.1. The molecule has 1 amide bonds. The third-order valence-electron chi connectivity index (χ3n) is 4.54. The second kappa shape index (κ2) is 9.80. The second-order valence-corrected chi connectivity index (χ2v) is 8.28. The van der Waals surface area contributed by atoms with Crippen LogP contribution in [-0.4, -0.2) is 60.1 Å². The van der Waals surface area contributed by atoms with E-state index in [0.29, 0.717) is 41.0 Å². The van der Waals surface area contributed by atoms with E-state index in [4.69, 9.17) is 28.3 Å². The van der Waals surface area contributed by atoms with Crippen molar-refractivity contribution in [2.24, 2.45) is 0 Å². The molecule has 1 saturated heterocycles. The molecule has 27 heavy (non-hydrogen) atoms. The Labute approximate surface area is 174 Å². The largest absolute Gasteiger partial charge is 0.395 e. The van der Waals surface area contributed by atoms with Crippen molar-refractivity contribution < 1.29 is 9.90 Å². The van der Waals surface area contributed by atoms with Crippen LogP contribution in [0.5, 0.6) is 0 Å². The lowest BCUT2D eigenvalue weighted by atomic mass is 10.1. The number of amides is 1. The summed E-state index contributed by atoms with van der Waals surface area (Å²) in [5.41, 5.74) is 1.78. The van der Waals surface area contributed by atoms with E-state index < -0.39 is 0 Å². The van der Waals surface area contributed by atoms with Crippen molar-refractivity contribution >= 4 is 40.9 Å². The Morgan fingerprint density at radius 1 is 1.07 bits per heavy atom. The Morgan fingerprint density at radius 3 is 2.59 bits per heavy atom. The van der Waals surface area contributed by atoms with Gasteiger partial charge in [-0.1, -0.05) is 35.3 Å². The Bertz CT molecular complexity index is 795. The number of hydrogen-bond acceptors (Lipinski definition) is 4. The fourth-order valence-electron chi connectivity index (χ4n) is 3.04. The van der Waals surface area contributed by atoms with E-state index in [0.717, 1.165) is 23.5 Å². The summed E-state index contributed by atoms with van der Waals surface area (Å²) in [6.07, 6.45) is 0. The number of aliphatic hydroxyl groups is 1. The number of rotatable bonds is 6. The number of aliphatic hydroxyl groups excluding tert-OH is 1. The Kier molecular flexibility index (Phi) is 7.44. The number of halogens is 2. The Morgan fingerprint density at radius 2 is 1.85 bits per heavy atom. The van der Waals surface area contributed by atoms with Gasteiger partial charge in [0.25, 0.3) is 5.91 Å². The maximum absolute atomic E-state index is 12.8. The van der Waals surface area contributed by atoms with E-state index in [1.54, 1.807) is 23.9 Å². The molecule has 1 heterocycles. The SMILES string of the molecule is O=C(c1cccc(CSc2cc(Cl)ccc2Cl)c1)N1CCN(CCO)CC1. The fourth-order valence-corrected chi connectivity index (χ4v) is 4.48. The molecule has 2 aromatic rings. The minimum absolute atomic E-state index is 0.0614.